The SMILES string of the molecule is CC1CC2OC1CC2COCC1CO1. The van der Waals surface area contributed by atoms with Gasteiger partial charge in [0.05, 0.1) is 32.0 Å². The maximum atomic E-state index is 5.86. The number of hydrogen-bond donors (Lipinski definition) is 0. The third kappa shape index (κ3) is 1.69. The van der Waals surface area contributed by atoms with Crippen LogP contribution in [0.4, 0.5) is 0 Å². The fraction of sp³-hybridized carbons (Fsp3) is 1.00. The summed E-state index contributed by atoms with van der Waals surface area (Å²) in [4.78, 5) is 0. The maximum absolute atomic E-state index is 5.86. The van der Waals surface area contributed by atoms with Gasteiger partial charge in [-0.05, 0) is 18.8 Å². The zero-order valence-corrected chi connectivity index (χ0v) is 8.65. The van der Waals surface area contributed by atoms with Crippen LogP contribution in [0, 0.1) is 11.8 Å². The summed E-state index contributed by atoms with van der Waals surface area (Å²) >= 11 is 0. The second kappa shape index (κ2) is 3.47. The molecule has 0 aromatic heterocycles. The van der Waals surface area contributed by atoms with Crippen molar-refractivity contribution in [3.8, 4) is 0 Å². The molecule has 3 rings (SSSR count). The van der Waals surface area contributed by atoms with Crippen LogP contribution in [0.5, 0.6) is 0 Å². The Bertz CT molecular complexity index is 213. The highest BCUT2D eigenvalue weighted by Crippen LogP contribution is 2.42. The molecule has 3 heterocycles. The zero-order valence-electron chi connectivity index (χ0n) is 8.65. The summed E-state index contributed by atoms with van der Waals surface area (Å²) in [5, 5.41) is 0. The highest BCUT2D eigenvalue weighted by molar-refractivity contribution is 4.93. The molecule has 3 aliphatic rings. The lowest BCUT2D eigenvalue weighted by atomic mass is 9.83. The molecule has 0 spiro atoms. The normalized spacial score (nSPS) is 49.9. The Balaban J connectivity index is 1.42. The minimum Gasteiger partial charge on any atom is -0.378 e. The molecule has 3 nitrogen and oxygen atoms in total. The van der Waals surface area contributed by atoms with Gasteiger partial charge in [0.25, 0.3) is 0 Å². The second-order valence-corrected chi connectivity index (χ2v) is 4.91. The maximum Gasteiger partial charge on any atom is 0.104 e. The van der Waals surface area contributed by atoms with Crippen molar-refractivity contribution in [2.45, 2.75) is 38.1 Å². The van der Waals surface area contributed by atoms with Crippen molar-refractivity contribution >= 4 is 0 Å². The fourth-order valence-corrected chi connectivity index (χ4v) is 2.66. The molecule has 0 N–H and O–H groups in total. The summed E-state index contributed by atoms with van der Waals surface area (Å²) < 4.78 is 16.6. The molecule has 3 heteroatoms. The molecule has 0 radical (unpaired) electrons. The van der Waals surface area contributed by atoms with E-state index in [9.17, 15) is 0 Å². The zero-order chi connectivity index (χ0) is 9.54. The molecule has 0 aromatic rings. The Kier molecular flexibility index (Phi) is 2.26. The van der Waals surface area contributed by atoms with Gasteiger partial charge in [-0.25, -0.2) is 0 Å². The minimum absolute atomic E-state index is 0.397. The molecule has 0 aromatic carbocycles. The molecule has 3 saturated heterocycles. The molecular formula is C11H18O3. The summed E-state index contributed by atoms with van der Waals surface area (Å²) in [5.41, 5.74) is 0. The second-order valence-electron chi connectivity index (χ2n) is 4.91. The van der Waals surface area contributed by atoms with E-state index in [2.05, 4.69) is 6.92 Å². The quantitative estimate of drug-likeness (QED) is 0.636. The summed E-state index contributed by atoms with van der Waals surface area (Å²) in [6.45, 7) is 4.83. The predicted octanol–water partition coefficient (Wildman–Crippen LogP) is 1.22. The van der Waals surface area contributed by atoms with E-state index in [0.29, 0.717) is 24.2 Å². The Morgan fingerprint density at radius 3 is 2.64 bits per heavy atom. The van der Waals surface area contributed by atoms with Gasteiger partial charge < -0.3 is 14.2 Å². The lowest BCUT2D eigenvalue weighted by Gasteiger charge is -2.21. The van der Waals surface area contributed by atoms with Gasteiger partial charge in [0.1, 0.15) is 6.10 Å². The molecule has 5 atom stereocenters. The third-order valence-electron chi connectivity index (χ3n) is 3.69. The number of rotatable bonds is 4. The first kappa shape index (κ1) is 9.13. The van der Waals surface area contributed by atoms with Gasteiger partial charge in [0, 0.05) is 5.92 Å². The molecular weight excluding hydrogens is 180 g/mol. The van der Waals surface area contributed by atoms with Gasteiger partial charge in [0.2, 0.25) is 0 Å². The van der Waals surface area contributed by atoms with Gasteiger partial charge in [-0.1, -0.05) is 6.92 Å². The topological polar surface area (TPSA) is 31.0 Å². The van der Waals surface area contributed by atoms with Crippen molar-refractivity contribution in [1.82, 2.24) is 0 Å². The molecule has 2 bridgehead atoms. The van der Waals surface area contributed by atoms with E-state index in [1.165, 1.54) is 12.8 Å². The van der Waals surface area contributed by atoms with E-state index >= 15 is 0 Å². The van der Waals surface area contributed by atoms with E-state index in [0.717, 1.165) is 25.7 Å². The minimum atomic E-state index is 0.397. The Morgan fingerprint density at radius 1 is 1.21 bits per heavy atom. The molecule has 80 valence electrons. The summed E-state index contributed by atoms with van der Waals surface area (Å²) in [6.07, 6.45) is 3.84. The van der Waals surface area contributed by atoms with Crippen molar-refractivity contribution in [1.29, 1.82) is 0 Å². The highest BCUT2D eigenvalue weighted by Gasteiger charge is 2.45. The van der Waals surface area contributed by atoms with Crippen LogP contribution in [-0.4, -0.2) is 38.1 Å². The molecule has 3 fully saturated rings. The first-order valence-corrected chi connectivity index (χ1v) is 5.67. The van der Waals surface area contributed by atoms with E-state index in [-0.39, 0.29) is 0 Å². The van der Waals surface area contributed by atoms with E-state index in [4.69, 9.17) is 14.2 Å². The summed E-state index contributed by atoms with van der Waals surface area (Å²) in [7, 11) is 0. The van der Waals surface area contributed by atoms with E-state index < -0.39 is 0 Å². The van der Waals surface area contributed by atoms with Gasteiger partial charge in [-0.2, -0.15) is 0 Å². The number of fused-ring (bicyclic) bond motifs is 2. The standard InChI is InChI=1S/C11H18O3/c1-7-2-11-8(3-10(7)14-11)4-12-5-9-6-13-9/h7-11H,2-6H2,1H3. The Labute approximate surface area is 84.7 Å². The number of ether oxygens (including phenoxy) is 3. The van der Waals surface area contributed by atoms with Crippen molar-refractivity contribution in [2.75, 3.05) is 19.8 Å². The predicted molar refractivity (Wildman–Crippen MR) is 51.1 cm³/mol. The Morgan fingerprint density at radius 2 is 2.07 bits per heavy atom. The third-order valence-corrected chi connectivity index (χ3v) is 3.69. The number of epoxide rings is 1. The first-order chi connectivity index (χ1) is 6.83. The van der Waals surface area contributed by atoms with Crippen molar-refractivity contribution in [3.05, 3.63) is 0 Å². The average molecular weight is 198 g/mol. The molecule has 3 aliphatic heterocycles. The van der Waals surface area contributed by atoms with Crippen LogP contribution in [0.1, 0.15) is 19.8 Å². The van der Waals surface area contributed by atoms with Crippen molar-refractivity contribution in [2.24, 2.45) is 11.8 Å². The molecule has 0 aliphatic carbocycles. The van der Waals surface area contributed by atoms with Crippen LogP contribution in [0.25, 0.3) is 0 Å². The highest BCUT2D eigenvalue weighted by atomic mass is 16.6. The molecule has 5 unspecified atom stereocenters. The summed E-state index contributed by atoms with van der Waals surface area (Å²) in [5.74, 6) is 1.41. The van der Waals surface area contributed by atoms with Gasteiger partial charge in [-0.15, -0.1) is 0 Å². The monoisotopic (exact) mass is 198 g/mol. The smallest absolute Gasteiger partial charge is 0.104 e. The average Bonchev–Trinajstić information content (AvgIpc) is 2.80. The first-order valence-electron chi connectivity index (χ1n) is 5.67. The Hall–Kier alpha value is -0.120. The van der Waals surface area contributed by atoms with Gasteiger partial charge >= 0.3 is 0 Å². The van der Waals surface area contributed by atoms with Crippen LogP contribution in [0.3, 0.4) is 0 Å². The largest absolute Gasteiger partial charge is 0.378 e. The fourth-order valence-electron chi connectivity index (χ4n) is 2.66. The van der Waals surface area contributed by atoms with E-state index in [1.807, 2.05) is 0 Å². The summed E-state index contributed by atoms with van der Waals surface area (Å²) in [6, 6.07) is 0. The van der Waals surface area contributed by atoms with Crippen LogP contribution < -0.4 is 0 Å². The van der Waals surface area contributed by atoms with Crippen LogP contribution >= 0.6 is 0 Å². The lowest BCUT2D eigenvalue weighted by molar-refractivity contribution is 0.0458. The molecule has 14 heavy (non-hydrogen) atoms. The lowest BCUT2D eigenvalue weighted by Crippen LogP contribution is -2.25. The number of hydrogen-bond acceptors (Lipinski definition) is 3. The van der Waals surface area contributed by atoms with Gasteiger partial charge in [0.15, 0.2) is 0 Å². The van der Waals surface area contributed by atoms with Crippen molar-refractivity contribution < 1.29 is 14.2 Å². The van der Waals surface area contributed by atoms with Gasteiger partial charge in [-0.3, -0.25) is 0 Å². The molecule has 0 amide bonds. The van der Waals surface area contributed by atoms with Crippen LogP contribution in [0.2, 0.25) is 0 Å². The van der Waals surface area contributed by atoms with E-state index in [1.54, 1.807) is 0 Å². The molecule has 0 saturated carbocycles. The van der Waals surface area contributed by atoms with Crippen molar-refractivity contribution in [3.63, 3.8) is 0 Å². The van der Waals surface area contributed by atoms with Crippen LogP contribution in [0.15, 0.2) is 0 Å². The van der Waals surface area contributed by atoms with Crippen LogP contribution in [-0.2, 0) is 14.2 Å².